The van der Waals surface area contributed by atoms with Crippen molar-refractivity contribution in [2.75, 3.05) is 26.4 Å². The highest BCUT2D eigenvalue weighted by atomic mass is 31.2. The van der Waals surface area contributed by atoms with E-state index in [2.05, 4.69) is 67.0 Å². The third-order valence-corrected chi connectivity index (χ3v) is 7.64. The molecule has 0 saturated heterocycles. The average Bonchev–Trinajstić information content (AvgIpc) is 3.05. The minimum absolute atomic E-state index is 0.161. The lowest BCUT2D eigenvalue weighted by Gasteiger charge is -2.20. The Hall–Kier alpha value is -2.33. The first-order chi connectivity index (χ1) is 22.7. The van der Waals surface area contributed by atoms with Crippen molar-refractivity contribution in [1.82, 2.24) is 0 Å². The molecule has 0 heterocycles. The Balaban J connectivity index is 4.46. The number of rotatable bonds is 31. The monoisotopic (exact) mass is 684 g/mol. The fourth-order valence-electron chi connectivity index (χ4n) is 4.03. The summed E-state index contributed by atoms with van der Waals surface area (Å²) in [6, 6.07) is 0. The predicted molar refractivity (Wildman–Crippen MR) is 187 cm³/mol. The lowest BCUT2D eigenvalue weighted by Crippen LogP contribution is -2.29. The molecule has 0 amide bonds. The zero-order chi connectivity index (χ0) is 34.9. The van der Waals surface area contributed by atoms with Crippen LogP contribution in [0.1, 0.15) is 117 Å². The summed E-state index contributed by atoms with van der Waals surface area (Å²) in [6.07, 6.45) is 32.3. The summed E-state index contributed by atoms with van der Waals surface area (Å²) in [5, 5.41) is 18.2. The molecular formula is C36H61O10P. The van der Waals surface area contributed by atoms with E-state index in [-0.39, 0.29) is 19.4 Å². The molecule has 0 aliphatic rings. The van der Waals surface area contributed by atoms with Gasteiger partial charge in [-0.25, -0.2) is 4.57 Å². The van der Waals surface area contributed by atoms with Crippen molar-refractivity contribution in [2.24, 2.45) is 0 Å². The Morgan fingerprint density at radius 1 is 0.660 bits per heavy atom. The van der Waals surface area contributed by atoms with Gasteiger partial charge < -0.3 is 24.6 Å². The predicted octanol–water partition coefficient (Wildman–Crippen LogP) is 7.99. The Bertz CT molecular complexity index is 973. The van der Waals surface area contributed by atoms with E-state index in [1.54, 1.807) is 0 Å². The van der Waals surface area contributed by atoms with Gasteiger partial charge >= 0.3 is 19.8 Å². The lowest BCUT2D eigenvalue weighted by molar-refractivity contribution is -0.161. The molecule has 0 aromatic heterocycles. The lowest BCUT2D eigenvalue weighted by atomic mass is 10.1. The first-order valence-corrected chi connectivity index (χ1v) is 18.7. The van der Waals surface area contributed by atoms with E-state index >= 15 is 0 Å². The molecule has 0 aromatic rings. The largest absolute Gasteiger partial charge is 0.472 e. The van der Waals surface area contributed by atoms with Gasteiger partial charge in [-0.05, 0) is 51.4 Å². The number of phosphoric acid groups is 1. The normalized spacial score (nSPS) is 14.9. The van der Waals surface area contributed by atoms with Gasteiger partial charge in [0.25, 0.3) is 0 Å². The number of allylic oxidation sites excluding steroid dienone is 10. The van der Waals surface area contributed by atoms with Crippen LogP contribution in [0.15, 0.2) is 60.8 Å². The Labute approximate surface area is 283 Å². The molecule has 0 fully saturated rings. The summed E-state index contributed by atoms with van der Waals surface area (Å²) in [7, 11) is -4.62. The third kappa shape index (κ3) is 32.0. The minimum atomic E-state index is -4.62. The van der Waals surface area contributed by atoms with Crippen LogP contribution < -0.4 is 0 Å². The Morgan fingerprint density at radius 2 is 1.17 bits per heavy atom. The summed E-state index contributed by atoms with van der Waals surface area (Å²) in [6.45, 7) is 2.10. The second kappa shape index (κ2) is 32.2. The second-order valence-corrected chi connectivity index (χ2v) is 12.6. The zero-order valence-electron chi connectivity index (χ0n) is 28.7. The van der Waals surface area contributed by atoms with Crippen molar-refractivity contribution in [1.29, 1.82) is 0 Å². The number of hydrogen-bond acceptors (Lipinski definition) is 9. The van der Waals surface area contributed by atoms with Crippen LogP contribution in [0.4, 0.5) is 0 Å². The maximum Gasteiger partial charge on any atom is 0.472 e. The SMILES string of the molecule is CC/C=C/C/C=C/C/C=C/C/C=C/C/C=C/CCCC(=O)OC[C@@H](COP(=O)(O)OC[C@H](O)CO)OC(=O)CCCCCCCCC. The molecule has 270 valence electrons. The summed E-state index contributed by atoms with van der Waals surface area (Å²) < 4.78 is 32.3. The molecule has 0 bridgehead atoms. The summed E-state index contributed by atoms with van der Waals surface area (Å²) in [5.41, 5.74) is 0. The van der Waals surface area contributed by atoms with Gasteiger partial charge in [0, 0.05) is 12.8 Å². The van der Waals surface area contributed by atoms with Gasteiger partial charge in [0.1, 0.15) is 12.7 Å². The van der Waals surface area contributed by atoms with Gasteiger partial charge in [0.05, 0.1) is 19.8 Å². The molecule has 0 rings (SSSR count). The van der Waals surface area contributed by atoms with Crippen LogP contribution in [0.2, 0.25) is 0 Å². The van der Waals surface area contributed by atoms with Crippen LogP contribution in [-0.4, -0.2) is 65.7 Å². The van der Waals surface area contributed by atoms with Gasteiger partial charge in [-0.15, -0.1) is 0 Å². The quantitative estimate of drug-likeness (QED) is 0.0284. The van der Waals surface area contributed by atoms with Crippen molar-refractivity contribution >= 4 is 19.8 Å². The molecule has 47 heavy (non-hydrogen) atoms. The van der Waals surface area contributed by atoms with Gasteiger partial charge in [-0.1, -0.05) is 113 Å². The number of ether oxygens (including phenoxy) is 2. The highest BCUT2D eigenvalue weighted by Crippen LogP contribution is 2.43. The molecule has 10 nitrogen and oxygen atoms in total. The fourth-order valence-corrected chi connectivity index (χ4v) is 4.82. The van der Waals surface area contributed by atoms with Crippen molar-refractivity contribution in [3.8, 4) is 0 Å². The molecule has 0 aliphatic heterocycles. The smallest absolute Gasteiger partial charge is 0.462 e. The number of aliphatic hydroxyl groups excluding tert-OH is 2. The van der Waals surface area contributed by atoms with Gasteiger partial charge in [0.15, 0.2) is 6.10 Å². The molecule has 0 aromatic carbocycles. The molecule has 0 spiro atoms. The number of esters is 2. The van der Waals surface area contributed by atoms with E-state index in [0.29, 0.717) is 19.3 Å². The molecule has 0 saturated carbocycles. The van der Waals surface area contributed by atoms with Gasteiger partial charge in [-0.3, -0.25) is 18.6 Å². The molecule has 1 unspecified atom stereocenters. The second-order valence-electron chi connectivity index (χ2n) is 11.2. The van der Waals surface area contributed by atoms with E-state index in [0.717, 1.165) is 51.4 Å². The van der Waals surface area contributed by atoms with E-state index in [1.807, 2.05) is 12.2 Å². The average molecular weight is 685 g/mol. The van der Waals surface area contributed by atoms with Crippen molar-refractivity contribution < 1.29 is 47.8 Å². The summed E-state index contributed by atoms with van der Waals surface area (Å²) >= 11 is 0. The highest BCUT2D eigenvalue weighted by molar-refractivity contribution is 7.47. The van der Waals surface area contributed by atoms with E-state index < -0.39 is 51.8 Å². The van der Waals surface area contributed by atoms with Crippen molar-refractivity contribution in [2.45, 2.75) is 129 Å². The Morgan fingerprint density at radius 3 is 1.74 bits per heavy atom. The first kappa shape index (κ1) is 44.7. The number of phosphoric ester groups is 1. The maximum absolute atomic E-state index is 12.4. The third-order valence-electron chi connectivity index (χ3n) is 6.69. The number of aliphatic hydroxyl groups is 2. The highest BCUT2D eigenvalue weighted by Gasteiger charge is 2.27. The molecule has 3 N–H and O–H groups in total. The topological polar surface area (TPSA) is 149 Å². The summed E-state index contributed by atoms with van der Waals surface area (Å²) in [4.78, 5) is 34.5. The van der Waals surface area contributed by atoms with Crippen LogP contribution in [0.25, 0.3) is 0 Å². The zero-order valence-corrected chi connectivity index (χ0v) is 29.6. The van der Waals surface area contributed by atoms with Gasteiger partial charge in [-0.2, -0.15) is 0 Å². The van der Waals surface area contributed by atoms with E-state index in [9.17, 15) is 24.2 Å². The molecule has 0 aliphatic carbocycles. The number of carbonyl (C=O) groups excluding carboxylic acids is 2. The number of unbranched alkanes of at least 4 members (excludes halogenated alkanes) is 7. The van der Waals surface area contributed by atoms with E-state index in [1.165, 1.54) is 19.3 Å². The van der Waals surface area contributed by atoms with Crippen LogP contribution in [0.5, 0.6) is 0 Å². The fraction of sp³-hybridized carbons (Fsp3) is 0.667. The summed E-state index contributed by atoms with van der Waals surface area (Å²) in [5.74, 6) is -1.01. The molecule has 11 heteroatoms. The maximum atomic E-state index is 12.4. The van der Waals surface area contributed by atoms with Crippen molar-refractivity contribution in [3.05, 3.63) is 60.8 Å². The molecule has 3 atom stereocenters. The van der Waals surface area contributed by atoms with Gasteiger partial charge in [0.2, 0.25) is 0 Å². The number of carbonyl (C=O) groups is 2. The molecular weight excluding hydrogens is 623 g/mol. The van der Waals surface area contributed by atoms with Crippen LogP contribution in [0, 0.1) is 0 Å². The van der Waals surface area contributed by atoms with Crippen LogP contribution in [0.3, 0.4) is 0 Å². The van der Waals surface area contributed by atoms with E-state index in [4.69, 9.17) is 19.1 Å². The Kier molecular flexibility index (Phi) is 30.6. The molecule has 0 radical (unpaired) electrons. The minimum Gasteiger partial charge on any atom is -0.462 e. The van der Waals surface area contributed by atoms with Crippen LogP contribution in [-0.2, 0) is 32.7 Å². The first-order valence-electron chi connectivity index (χ1n) is 17.2. The number of hydrogen-bond donors (Lipinski definition) is 3. The van der Waals surface area contributed by atoms with Crippen LogP contribution >= 0.6 is 7.82 Å². The van der Waals surface area contributed by atoms with Crippen molar-refractivity contribution in [3.63, 3.8) is 0 Å². The standard InChI is InChI=1S/C36H61O10P/c1-3-5-7-9-11-12-13-14-15-16-17-18-19-20-22-23-25-27-35(39)43-31-34(32-45-47(41,42)44-30-33(38)29-37)46-36(40)28-26-24-21-10-8-6-4-2/h5,7,11-12,14-15,17-18,20,22,33-34,37-38H,3-4,6,8-10,13,16,19,21,23-32H2,1-2H3,(H,41,42)/b7-5+,12-11+,15-14+,18-17+,22-20+/t33-,34+/m1/s1.